The number of nitrogens with one attached hydrogen (secondary N) is 1. The third-order valence-corrected chi connectivity index (χ3v) is 6.57. The van der Waals surface area contributed by atoms with Gasteiger partial charge in [-0.3, -0.25) is 4.79 Å². The Balaban J connectivity index is 1.71. The fraction of sp³-hybridized carbons (Fsp3) is 0.611. The van der Waals surface area contributed by atoms with Gasteiger partial charge in [-0.15, -0.1) is 0 Å². The molecule has 1 saturated heterocycles. The zero-order chi connectivity index (χ0) is 17.2. The Morgan fingerprint density at radius 3 is 2.79 bits per heavy atom. The average molecular weight is 351 g/mol. The molecule has 3 rings (SSSR count). The molecular formula is C18H25NO4S. The number of rotatable bonds is 4. The first kappa shape index (κ1) is 17.4. The van der Waals surface area contributed by atoms with Crippen LogP contribution in [0.25, 0.3) is 0 Å². The minimum atomic E-state index is -3.82. The van der Waals surface area contributed by atoms with Crippen LogP contribution in [0.5, 0.6) is 0 Å². The Morgan fingerprint density at radius 2 is 2.08 bits per heavy atom. The average Bonchev–Trinajstić information content (AvgIpc) is 3.02. The van der Waals surface area contributed by atoms with Gasteiger partial charge in [0, 0.05) is 12.5 Å². The van der Waals surface area contributed by atoms with Crippen LogP contribution in [0, 0.1) is 5.92 Å². The van der Waals surface area contributed by atoms with E-state index in [-0.39, 0.29) is 16.4 Å². The van der Waals surface area contributed by atoms with Gasteiger partial charge in [-0.25, -0.2) is 13.1 Å². The lowest BCUT2D eigenvalue weighted by Gasteiger charge is -2.37. The molecule has 1 aromatic rings. The second-order valence-electron chi connectivity index (χ2n) is 6.90. The molecule has 132 valence electrons. The zero-order valence-electron chi connectivity index (χ0n) is 14.1. The van der Waals surface area contributed by atoms with E-state index in [1.165, 1.54) is 6.07 Å². The first-order chi connectivity index (χ1) is 11.4. The Labute approximate surface area is 143 Å². The molecule has 1 amide bonds. The smallest absolute Gasteiger partial charge is 0.264 e. The normalized spacial score (nSPS) is 23.3. The van der Waals surface area contributed by atoms with Crippen molar-refractivity contribution in [2.45, 2.75) is 62.4 Å². The lowest BCUT2D eigenvalue weighted by atomic mass is 9.84. The number of sulfonamides is 1. The van der Waals surface area contributed by atoms with Gasteiger partial charge in [0.05, 0.1) is 10.5 Å². The summed E-state index contributed by atoms with van der Waals surface area (Å²) in [6, 6.07) is 6.73. The van der Waals surface area contributed by atoms with Gasteiger partial charge in [0.1, 0.15) is 0 Å². The van der Waals surface area contributed by atoms with Crippen LogP contribution in [0.1, 0.15) is 51.0 Å². The predicted octanol–water partition coefficient (Wildman–Crippen LogP) is 2.79. The number of amides is 1. The van der Waals surface area contributed by atoms with E-state index >= 15 is 0 Å². The van der Waals surface area contributed by atoms with Crippen molar-refractivity contribution < 1.29 is 17.9 Å². The highest BCUT2D eigenvalue weighted by Gasteiger charge is 2.42. The van der Waals surface area contributed by atoms with E-state index in [4.69, 9.17) is 4.74 Å². The van der Waals surface area contributed by atoms with Crippen molar-refractivity contribution in [3.63, 3.8) is 0 Å². The zero-order valence-corrected chi connectivity index (χ0v) is 14.9. The van der Waals surface area contributed by atoms with Gasteiger partial charge in [0.25, 0.3) is 10.0 Å². The van der Waals surface area contributed by atoms with Gasteiger partial charge < -0.3 is 4.74 Å². The van der Waals surface area contributed by atoms with E-state index in [0.29, 0.717) is 19.4 Å². The van der Waals surface area contributed by atoms with Crippen LogP contribution >= 0.6 is 0 Å². The molecule has 1 unspecified atom stereocenters. The number of benzene rings is 1. The van der Waals surface area contributed by atoms with Crippen molar-refractivity contribution in [2.24, 2.45) is 5.92 Å². The van der Waals surface area contributed by atoms with Gasteiger partial charge in [-0.05, 0) is 49.8 Å². The minimum Gasteiger partial charge on any atom is -0.375 e. The number of hydrogen-bond donors (Lipinski definition) is 1. The van der Waals surface area contributed by atoms with E-state index in [9.17, 15) is 13.2 Å². The molecule has 0 aromatic heterocycles. The molecule has 1 aliphatic heterocycles. The number of carbonyl (C=O) groups excluding carboxylic acids is 1. The van der Waals surface area contributed by atoms with Crippen LogP contribution < -0.4 is 4.72 Å². The number of ether oxygens (including phenoxy) is 1. The van der Waals surface area contributed by atoms with Gasteiger partial charge in [0.2, 0.25) is 5.91 Å². The van der Waals surface area contributed by atoms with Crippen LogP contribution in [0.4, 0.5) is 0 Å². The summed E-state index contributed by atoms with van der Waals surface area (Å²) in [6.45, 7) is 2.50. The van der Waals surface area contributed by atoms with Crippen molar-refractivity contribution in [2.75, 3.05) is 6.61 Å². The molecule has 24 heavy (non-hydrogen) atoms. The SMILES string of the molecule is CCc1cccc(S(=O)(=O)NC(=O)C2CCOC3(CCCC3)C2)c1. The maximum absolute atomic E-state index is 12.5. The highest BCUT2D eigenvalue weighted by atomic mass is 32.2. The summed E-state index contributed by atoms with van der Waals surface area (Å²) >= 11 is 0. The van der Waals surface area contributed by atoms with Crippen LogP contribution in [0.15, 0.2) is 29.2 Å². The van der Waals surface area contributed by atoms with Gasteiger partial charge >= 0.3 is 0 Å². The molecule has 2 aliphatic rings. The molecular weight excluding hydrogens is 326 g/mol. The number of carbonyl (C=O) groups is 1. The summed E-state index contributed by atoms with van der Waals surface area (Å²) < 4.78 is 33.2. The molecule has 2 fully saturated rings. The molecule has 1 aromatic carbocycles. The van der Waals surface area contributed by atoms with Crippen LogP contribution in [-0.2, 0) is 26.0 Å². The highest BCUT2D eigenvalue weighted by Crippen LogP contribution is 2.42. The molecule has 1 atom stereocenters. The molecule has 5 nitrogen and oxygen atoms in total. The number of hydrogen-bond acceptors (Lipinski definition) is 4. The maximum atomic E-state index is 12.5. The van der Waals surface area contributed by atoms with Crippen LogP contribution in [0.3, 0.4) is 0 Å². The maximum Gasteiger partial charge on any atom is 0.264 e. The molecule has 0 radical (unpaired) electrons. The molecule has 1 N–H and O–H groups in total. The van der Waals surface area contributed by atoms with E-state index in [2.05, 4.69) is 4.72 Å². The molecule has 6 heteroatoms. The summed E-state index contributed by atoms with van der Waals surface area (Å²) in [7, 11) is -3.82. The summed E-state index contributed by atoms with van der Waals surface area (Å²) in [5.41, 5.74) is 0.730. The van der Waals surface area contributed by atoms with E-state index in [1.54, 1.807) is 12.1 Å². The fourth-order valence-electron chi connectivity index (χ4n) is 3.83. The quantitative estimate of drug-likeness (QED) is 0.905. The highest BCUT2D eigenvalue weighted by molar-refractivity contribution is 7.90. The largest absolute Gasteiger partial charge is 0.375 e. The van der Waals surface area contributed by atoms with Crippen LogP contribution in [0.2, 0.25) is 0 Å². The van der Waals surface area contributed by atoms with Crippen molar-refractivity contribution >= 4 is 15.9 Å². The van der Waals surface area contributed by atoms with E-state index in [1.807, 2.05) is 13.0 Å². The van der Waals surface area contributed by atoms with Crippen molar-refractivity contribution in [1.82, 2.24) is 4.72 Å². The topological polar surface area (TPSA) is 72.5 Å². The second-order valence-corrected chi connectivity index (χ2v) is 8.58. The summed E-state index contributed by atoms with van der Waals surface area (Å²) in [4.78, 5) is 12.7. The van der Waals surface area contributed by atoms with Crippen molar-refractivity contribution in [3.8, 4) is 0 Å². The monoisotopic (exact) mass is 351 g/mol. The lowest BCUT2D eigenvalue weighted by Crippen LogP contribution is -2.44. The van der Waals surface area contributed by atoms with Gasteiger partial charge in [0.15, 0.2) is 0 Å². The Bertz CT molecular complexity index is 707. The first-order valence-corrected chi connectivity index (χ1v) is 10.2. The van der Waals surface area contributed by atoms with E-state index < -0.39 is 15.9 Å². The standard InChI is InChI=1S/C18H25NO4S/c1-2-14-6-5-7-16(12-14)24(21,22)19-17(20)15-8-11-23-18(13-15)9-3-4-10-18/h5-7,12,15H,2-4,8-11,13H2,1H3,(H,19,20). The van der Waals surface area contributed by atoms with Crippen molar-refractivity contribution in [1.29, 1.82) is 0 Å². The Hall–Kier alpha value is -1.40. The first-order valence-electron chi connectivity index (χ1n) is 8.74. The molecule has 1 heterocycles. The molecule has 1 aliphatic carbocycles. The third-order valence-electron chi connectivity index (χ3n) is 5.23. The summed E-state index contributed by atoms with van der Waals surface area (Å²) in [5, 5.41) is 0. The predicted molar refractivity (Wildman–Crippen MR) is 91.0 cm³/mol. The molecule has 0 bridgehead atoms. The van der Waals surface area contributed by atoms with Gasteiger partial charge in [-0.2, -0.15) is 0 Å². The van der Waals surface area contributed by atoms with Crippen molar-refractivity contribution in [3.05, 3.63) is 29.8 Å². The fourth-order valence-corrected chi connectivity index (χ4v) is 4.94. The van der Waals surface area contributed by atoms with E-state index in [0.717, 1.165) is 37.7 Å². The van der Waals surface area contributed by atoms with Crippen LogP contribution in [-0.4, -0.2) is 26.5 Å². The Kier molecular flexibility index (Phi) is 4.97. The lowest BCUT2D eigenvalue weighted by molar-refractivity contribution is -0.136. The minimum absolute atomic E-state index is 0.151. The third kappa shape index (κ3) is 3.64. The Morgan fingerprint density at radius 1 is 1.33 bits per heavy atom. The number of aryl methyl sites for hydroxylation is 1. The van der Waals surface area contributed by atoms with Gasteiger partial charge in [-0.1, -0.05) is 31.9 Å². The summed E-state index contributed by atoms with van der Waals surface area (Å²) in [5.74, 6) is -0.688. The molecule has 1 saturated carbocycles. The molecule has 1 spiro atoms. The summed E-state index contributed by atoms with van der Waals surface area (Å²) in [6.07, 6.45) is 6.15. The second kappa shape index (κ2) is 6.84.